The summed E-state index contributed by atoms with van der Waals surface area (Å²) in [5.74, 6) is -0.791. The zero-order valence-corrected chi connectivity index (χ0v) is 11.8. The number of nitrogens with two attached hydrogens (primary N) is 1. The van der Waals surface area contributed by atoms with Gasteiger partial charge in [-0.3, -0.25) is 4.79 Å². The van der Waals surface area contributed by atoms with Crippen LogP contribution in [0.4, 0.5) is 4.39 Å². The number of amides is 1. The van der Waals surface area contributed by atoms with Crippen LogP contribution >= 0.6 is 15.9 Å². The van der Waals surface area contributed by atoms with E-state index < -0.39 is 5.82 Å². The lowest BCUT2D eigenvalue weighted by molar-refractivity contribution is 0.0762. The van der Waals surface area contributed by atoms with E-state index in [9.17, 15) is 9.18 Å². The molecule has 0 aliphatic heterocycles. The first-order chi connectivity index (χ1) is 8.47. The highest BCUT2D eigenvalue weighted by Crippen LogP contribution is 2.45. The fraction of sp³-hybridized carbons (Fsp3) is 0.462. The van der Waals surface area contributed by atoms with Crippen molar-refractivity contribution in [2.45, 2.75) is 12.8 Å². The van der Waals surface area contributed by atoms with Crippen molar-refractivity contribution >= 4 is 21.8 Å². The van der Waals surface area contributed by atoms with Crippen molar-refractivity contribution in [3.8, 4) is 0 Å². The molecule has 0 bridgehead atoms. The molecule has 5 heteroatoms. The second-order valence-corrected chi connectivity index (χ2v) is 5.91. The fourth-order valence-corrected chi connectivity index (χ4v) is 2.41. The zero-order chi connectivity index (χ0) is 13.3. The molecule has 3 nitrogen and oxygen atoms in total. The molecular weight excluding hydrogens is 299 g/mol. The molecule has 98 valence electrons. The van der Waals surface area contributed by atoms with Gasteiger partial charge in [0.2, 0.25) is 0 Å². The van der Waals surface area contributed by atoms with Crippen molar-refractivity contribution in [3.63, 3.8) is 0 Å². The summed E-state index contributed by atoms with van der Waals surface area (Å²) in [6.45, 7) is 1.17. The molecule has 2 N–H and O–H groups in total. The molecule has 1 fully saturated rings. The van der Waals surface area contributed by atoms with E-state index in [1.54, 1.807) is 18.0 Å². The van der Waals surface area contributed by atoms with Crippen molar-refractivity contribution in [1.29, 1.82) is 0 Å². The van der Waals surface area contributed by atoms with E-state index in [-0.39, 0.29) is 16.9 Å². The van der Waals surface area contributed by atoms with E-state index in [0.29, 0.717) is 17.6 Å². The Morgan fingerprint density at radius 1 is 1.56 bits per heavy atom. The van der Waals surface area contributed by atoms with Crippen LogP contribution in [0, 0.1) is 11.2 Å². The SMILES string of the molecule is CN(CC1(CN)CC1)C(=O)c1cc(Br)ccc1F. The number of nitrogens with zero attached hydrogens (tertiary/aromatic N) is 1. The van der Waals surface area contributed by atoms with Gasteiger partial charge in [0.05, 0.1) is 5.56 Å². The van der Waals surface area contributed by atoms with Crippen LogP contribution in [0.1, 0.15) is 23.2 Å². The molecule has 0 radical (unpaired) electrons. The van der Waals surface area contributed by atoms with E-state index in [1.165, 1.54) is 12.1 Å². The molecular formula is C13H16BrFN2O. The van der Waals surface area contributed by atoms with Gasteiger partial charge in [0, 0.05) is 23.5 Å². The average Bonchev–Trinajstić information content (AvgIpc) is 3.11. The summed E-state index contributed by atoms with van der Waals surface area (Å²) in [5.41, 5.74) is 5.85. The number of carbonyl (C=O) groups is 1. The number of benzene rings is 1. The quantitative estimate of drug-likeness (QED) is 0.927. The summed E-state index contributed by atoms with van der Waals surface area (Å²) in [5, 5.41) is 0. The van der Waals surface area contributed by atoms with Gasteiger partial charge in [0.25, 0.3) is 5.91 Å². The smallest absolute Gasteiger partial charge is 0.256 e. The van der Waals surface area contributed by atoms with Gasteiger partial charge in [0.15, 0.2) is 0 Å². The summed E-state index contributed by atoms with van der Waals surface area (Å²) < 4.78 is 14.3. The zero-order valence-electron chi connectivity index (χ0n) is 10.2. The first-order valence-electron chi connectivity index (χ1n) is 5.88. The average molecular weight is 315 g/mol. The van der Waals surface area contributed by atoms with Crippen LogP contribution in [0.3, 0.4) is 0 Å². The molecule has 0 spiro atoms. The first kappa shape index (κ1) is 13.5. The third kappa shape index (κ3) is 2.72. The minimum Gasteiger partial charge on any atom is -0.341 e. The number of hydrogen-bond donors (Lipinski definition) is 1. The Balaban J connectivity index is 2.13. The van der Waals surface area contributed by atoms with Crippen molar-refractivity contribution in [3.05, 3.63) is 34.1 Å². The van der Waals surface area contributed by atoms with Gasteiger partial charge >= 0.3 is 0 Å². The van der Waals surface area contributed by atoms with Gasteiger partial charge in [-0.2, -0.15) is 0 Å². The van der Waals surface area contributed by atoms with E-state index in [0.717, 1.165) is 12.8 Å². The predicted molar refractivity (Wildman–Crippen MR) is 71.8 cm³/mol. The summed E-state index contributed by atoms with van der Waals surface area (Å²) in [4.78, 5) is 13.7. The topological polar surface area (TPSA) is 46.3 Å². The van der Waals surface area contributed by atoms with Crippen molar-refractivity contribution in [2.75, 3.05) is 20.1 Å². The van der Waals surface area contributed by atoms with Crippen molar-refractivity contribution < 1.29 is 9.18 Å². The molecule has 1 saturated carbocycles. The minimum atomic E-state index is -0.493. The van der Waals surface area contributed by atoms with Gasteiger partial charge in [-0.15, -0.1) is 0 Å². The second-order valence-electron chi connectivity index (χ2n) is 4.99. The van der Waals surface area contributed by atoms with E-state index in [2.05, 4.69) is 15.9 Å². The summed E-state index contributed by atoms with van der Waals surface area (Å²) >= 11 is 3.24. The molecule has 0 atom stereocenters. The van der Waals surface area contributed by atoms with E-state index in [1.807, 2.05) is 0 Å². The largest absolute Gasteiger partial charge is 0.341 e. The lowest BCUT2D eigenvalue weighted by atomic mass is 10.1. The lowest BCUT2D eigenvalue weighted by Crippen LogP contribution is -2.36. The minimum absolute atomic E-state index is 0.0624. The molecule has 0 aromatic heterocycles. The number of hydrogen-bond acceptors (Lipinski definition) is 2. The molecule has 18 heavy (non-hydrogen) atoms. The fourth-order valence-electron chi connectivity index (χ4n) is 2.05. The third-order valence-electron chi connectivity index (χ3n) is 3.47. The summed E-state index contributed by atoms with van der Waals surface area (Å²) in [7, 11) is 1.69. The molecule has 1 aromatic rings. The Labute approximate surface area is 114 Å². The number of halogens is 2. The Hall–Kier alpha value is -0.940. The van der Waals surface area contributed by atoms with Crippen LogP contribution in [-0.2, 0) is 0 Å². The van der Waals surface area contributed by atoms with Gasteiger partial charge in [0.1, 0.15) is 5.82 Å². The maximum absolute atomic E-state index is 13.6. The molecule has 1 aliphatic rings. The Morgan fingerprint density at radius 3 is 2.78 bits per heavy atom. The predicted octanol–water partition coefficient (Wildman–Crippen LogP) is 2.40. The highest BCUT2D eigenvalue weighted by atomic mass is 79.9. The molecule has 0 saturated heterocycles. The molecule has 0 unspecified atom stereocenters. The van der Waals surface area contributed by atoms with Crippen LogP contribution in [-0.4, -0.2) is 30.9 Å². The van der Waals surface area contributed by atoms with E-state index >= 15 is 0 Å². The van der Waals surface area contributed by atoms with E-state index in [4.69, 9.17) is 5.73 Å². The Morgan fingerprint density at radius 2 is 2.22 bits per heavy atom. The molecule has 2 rings (SSSR count). The highest BCUT2D eigenvalue weighted by molar-refractivity contribution is 9.10. The molecule has 1 aliphatic carbocycles. The van der Waals surface area contributed by atoms with Crippen molar-refractivity contribution in [2.24, 2.45) is 11.1 Å². The Bertz CT molecular complexity index is 474. The maximum Gasteiger partial charge on any atom is 0.256 e. The van der Waals surface area contributed by atoms with Gasteiger partial charge in [-0.1, -0.05) is 15.9 Å². The Kier molecular flexibility index (Phi) is 3.73. The molecule has 1 amide bonds. The van der Waals surface area contributed by atoms with Gasteiger partial charge < -0.3 is 10.6 Å². The number of carbonyl (C=O) groups excluding carboxylic acids is 1. The molecule has 0 heterocycles. The van der Waals surface area contributed by atoms with Crippen LogP contribution < -0.4 is 5.73 Å². The van der Waals surface area contributed by atoms with Crippen molar-refractivity contribution in [1.82, 2.24) is 4.90 Å². The summed E-state index contributed by atoms with van der Waals surface area (Å²) in [6, 6.07) is 4.38. The monoisotopic (exact) mass is 314 g/mol. The normalized spacial score (nSPS) is 16.4. The standard InChI is InChI=1S/C13H16BrFN2O/c1-17(8-13(7-16)4-5-13)12(18)10-6-9(14)2-3-11(10)15/h2-3,6H,4-5,7-8,16H2,1H3. The third-order valence-corrected chi connectivity index (χ3v) is 3.96. The maximum atomic E-state index is 13.6. The summed E-state index contributed by atoms with van der Waals surface area (Å²) in [6.07, 6.45) is 2.09. The van der Waals surface area contributed by atoms with Gasteiger partial charge in [-0.25, -0.2) is 4.39 Å². The number of rotatable bonds is 4. The highest BCUT2D eigenvalue weighted by Gasteiger charge is 2.42. The second kappa shape index (κ2) is 4.97. The first-order valence-corrected chi connectivity index (χ1v) is 6.67. The van der Waals surface area contributed by atoms with Crippen LogP contribution in [0.2, 0.25) is 0 Å². The van der Waals surface area contributed by atoms with Gasteiger partial charge in [-0.05, 0) is 37.6 Å². The van der Waals surface area contributed by atoms with Crippen LogP contribution in [0.5, 0.6) is 0 Å². The van der Waals surface area contributed by atoms with Crippen LogP contribution in [0.25, 0.3) is 0 Å². The molecule has 1 aromatic carbocycles. The lowest BCUT2D eigenvalue weighted by Gasteiger charge is -2.23. The van der Waals surface area contributed by atoms with Crippen LogP contribution in [0.15, 0.2) is 22.7 Å².